The average molecular weight is 498 g/mol. The maximum absolute atomic E-state index is 13.2. The van der Waals surface area contributed by atoms with Gasteiger partial charge in [0.2, 0.25) is 5.91 Å². The first-order valence-electron chi connectivity index (χ1n) is 12.4. The van der Waals surface area contributed by atoms with Crippen LogP contribution in [0.25, 0.3) is 16.8 Å². The number of imide groups is 1. The summed E-state index contributed by atoms with van der Waals surface area (Å²) in [5, 5.41) is 1.81. The molecule has 3 aliphatic heterocycles. The van der Waals surface area contributed by atoms with E-state index in [9.17, 15) is 14.4 Å². The number of benzene rings is 3. The van der Waals surface area contributed by atoms with Crippen molar-refractivity contribution in [1.82, 2.24) is 9.80 Å². The van der Waals surface area contributed by atoms with Crippen molar-refractivity contribution in [2.24, 2.45) is 0 Å². The third-order valence-electron chi connectivity index (χ3n) is 7.32. The minimum Gasteiger partial charge on any atom is -0.371 e. The predicted molar refractivity (Wildman–Crippen MR) is 144 cm³/mol. The second kappa shape index (κ2) is 9.47. The van der Waals surface area contributed by atoms with E-state index in [-0.39, 0.29) is 12.5 Å². The molecule has 2 saturated heterocycles. The smallest absolute Gasteiger partial charge is 0.294 e. The summed E-state index contributed by atoms with van der Waals surface area (Å²) in [7, 11) is 0. The summed E-state index contributed by atoms with van der Waals surface area (Å²) >= 11 is 0.909. The van der Waals surface area contributed by atoms with Gasteiger partial charge in [-0.05, 0) is 65.2 Å². The van der Waals surface area contributed by atoms with Crippen molar-refractivity contribution in [3.63, 3.8) is 0 Å². The molecule has 0 saturated carbocycles. The van der Waals surface area contributed by atoms with E-state index in [1.54, 1.807) is 11.0 Å². The number of rotatable bonds is 4. The molecule has 0 unspecified atom stereocenters. The van der Waals surface area contributed by atoms with Crippen molar-refractivity contribution >= 4 is 51.4 Å². The molecule has 0 N–H and O–H groups in total. The standard InChI is InChI=1S/C29H27N3O3S/c33-27(31-16-13-20-7-1-2-8-22(20)18-31)19-32-28(34)26(36-29(32)35)17-21-11-12-25(30-14-5-6-15-30)24-10-4-3-9-23(21)24/h1-4,7-12,17H,5-6,13-16,18-19H2. The van der Waals surface area contributed by atoms with E-state index >= 15 is 0 Å². The van der Waals surface area contributed by atoms with Gasteiger partial charge in [-0.25, -0.2) is 0 Å². The molecule has 3 amide bonds. The van der Waals surface area contributed by atoms with E-state index in [1.165, 1.54) is 24.1 Å². The number of nitrogens with zero attached hydrogens (tertiary/aromatic N) is 3. The fourth-order valence-corrected chi connectivity index (χ4v) is 6.22. The molecule has 0 bridgehead atoms. The summed E-state index contributed by atoms with van der Waals surface area (Å²) < 4.78 is 0. The summed E-state index contributed by atoms with van der Waals surface area (Å²) in [6.45, 7) is 2.99. The maximum Gasteiger partial charge on any atom is 0.294 e. The summed E-state index contributed by atoms with van der Waals surface area (Å²) in [6.07, 6.45) is 4.98. The Balaban J connectivity index is 1.22. The van der Waals surface area contributed by atoms with E-state index < -0.39 is 11.1 Å². The Kier molecular flexibility index (Phi) is 6.01. The molecule has 3 aromatic rings. The molecule has 182 valence electrons. The topological polar surface area (TPSA) is 60.9 Å². The van der Waals surface area contributed by atoms with Crippen LogP contribution in [0, 0.1) is 0 Å². The number of anilines is 1. The molecule has 6 nitrogen and oxygen atoms in total. The van der Waals surface area contributed by atoms with Crippen LogP contribution in [0.2, 0.25) is 0 Å². The van der Waals surface area contributed by atoms with E-state index in [1.807, 2.05) is 36.4 Å². The highest BCUT2D eigenvalue weighted by molar-refractivity contribution is 8.18. The molecule has 36 heavy (non-hydrogen) atoms. The van der Waals surface area contributed by atoms with Gasteiger partial charge in [-0.2, -0.15) is 0 Å². The van der Waals surface area contributed by atoms with Crippen molar-refractivity contribution in [2.45, 2.75) is 25.8 Å². The van der Waals surface area contributed by atoms with Gasteiger partial charge >= 0.3 is 0 Å². The van der Waals surface area contributed by atoms with Crippen molar-refractivity contribution < 1.29 is 14.4 Å². The Hall–Kier alpha value is -3.58. The van der Waals surface area contributed by atoms with Gasteiger partial charge in [-0.3, -0.25) is 19.3 Å². The molecule has 3 aromatic carbocycles. The van der Waals surface area contributed by atoms with Gasteiger partial charge in [0.15, 0.2) is 0 Å². The quantitative estimate of drug-likeness (QED) is 0.472. The lowest BCUT2D eigenvalue weighted by Crippen LogP contribution is -2.44. The number of hydrogen-bond acceptors (Lipinski definition) is 5. The predicted octanol–water partition coefficient (Wildman–Crippen LogP) is 5.06. The zero-order valence-corrected chi connectivity index (χ0v) is 20.8. The summed E-state index contributed by atoms with van der Waals surface area (Å²) in [4.78, 5) is 44.5. The number of carbonyl (C=O) groups excluding carboxylic acids is 3. The van der Waals surface area contributed by atoms with Crippen molar-refractivity contribution in [1.29, 1.82) is 0 Å². The molecule has 6 rings (SSSR count). The zero-order valence-electron chi connectivity index (χ0n) is 20.0. The molecule has 0 spiro atoms. The molecule has 2 fully saturated rings. The number of amides is 3. The summed E-state index contributed by atoms with van der Waals surface area (Å²) in [5.74, 6) is -0.600. The van der Waals surface area contributed by atoms with E-state index in [4.69, 9.17) is 0 Å². The van der Waals surface area contributed by atoms with Crippen molar-refractivity contribution in [3.05, 3.63) is 82.3 Å². The summed E-state index contributed by atoms with van der Waals surface area (Å²) in [5.41, 5.74) is 4.48. The van der Waals surface area contributed by atoms with Gasteiger partial charge in [0.1, 0.15) is 6.54 Å². The molecule has 3 heterocycles. The highest BCUT2D eigenvalue weighted by Crippen LogP contribution is 2.36. The van der Waals surface area contributed by atoms with Crippen LogP contribution in [0.1, 0.15) is 29.5 Å². The lowest BCUT2D eigenvalue weighted by molar-refractivity contribution is -0.136. The van der Waals surface area contributed by atoms with E-state index in [2.05, 4.69) is 29.2 Å². The van der Waals surface area contributed by atoms with Crippen LogP contribution in [0.5, 0.6) is 0 Å². The van der Waals surface area contributed by atoms with Gasteiger partial charge in [-0.1, -0.05) is 54.6 Å². The first-order chi connectivity index (χ1) is 17.6. The summed E-state index contributed by atoms with van der Waals surface area (Å²) in [6, 6.07) is 20.4. The number of carbonyl (C=O) groups is 3. The average Bonchev–Trinajstić information content (AvgIpc) is 3.53. The fourth-order valence-electron chi connectivity index (χ4n) is 5.39. The van der Waals surface area contributed by atoms with Gasteiger partial charge in [0, 0.05) is 37.3 Å². The number of fused-ring (bicyclic) bond motifs is 2. The number of hydrogen-bond donors (Lipinski definition) is 0. The van der Waals surface area contributed by atoms with Gasteiger partial charge in [0.25, 0.3) is 11.1 Å². The SMILES string of the molecule is O=C(CN1C(=O)SC(=Cc2ccc(N3CCCC3)c3ccccc23)C1=O)N1CCc2ccccc2C1. The normalized spacial score (nSPS) is 19.0. The molecule has 7 heteroatoms. The largest absolute Gasteiger partial charge is 0.371 e. The van der Waals surface area contributed by atoms with Gasteiger partial charge in [0.05, 0.1) is 4.91 Å². The Morgan fingerprint density at radius 1 is 0.861 bits per heavy atom. The first kappa shape index (κ1) is 22.9. The first-order valence-corrected chi connectivity index (χ1v) is 13.3. The third kappa shape index (κ3) is 4.17. The molecule has 0 radical (unpaired) electrons. The molecule has 0 aromatic heterocycles. The van der Waals surface area contributed by atoms with Crippen LogP contribution in [-0.2, 0) is 22.6 Å². The molecule has 3 aliphatic rings. The van der Waals surface area contributed by atoms with E-state index in [0.717, 1.165) is 58.1 Å². The Morgan fingerprint density at radius 2 is 1.58 bits per heavy atom. The van der Waals surface area contributed by atoms with Crippen LogP contribution < -0.4 is 4.90 Å². The highest BCUT2D eigenvalue weighted by Gasteiger charge is 2.37. The molecular formula is C29H27N3O3S. The van der Waals surface area contributed by atoms with Crippen LogP contribution in [0.15, 0.2) is 65.6 Å². The lowest BCUT2D eigenvalue weighted by Gasteiger charge is -2.29. The molecule has 0 atom stereocenters. The Bertz CT molecular complexity index is 1410. The van der Waals surface area contributed by atoms with Crippen molar-refractivity contribution in [2.75, 3.05) is 31.1 Å². The second-order valence-electron chi connectivity index (χ2n) is 9.52. The second-order valence-corrected chi connectivity index (χ2v) is 10.5. The van der Waals surface area contributed by atoms with Crippen LogP contribution in [0.4, 0.5) is 10.5 Å². The van der Waals surface area contributed by atoms with Crippen molar-refractivity contribution in [3.8, 4) is 0 Å². The minimum atomic E-state index is -0.400. The zero-order chi connectivity index (χ0) is 24.6. The van der Waals surface area contributed by atoms with Crippen LogP contribution in [0.3, 0.4) is 0 Å². The molecule has 0 aliphatic carbocycles. The highest BCUT2D eigenvalue weighted by atomic mass is 32.2. The third-order valence-corrected chi connectivity index (χ3v) is 8.23. The maximum atomic E-state index is 13.2. The Morgan fingerprint density at radius 3 is 2.39 bits per heavy atom. The van der Waals surface area contributed by atoms with Crippen LogP contribution in [-0.4, -0.2) is 53.0 Å². The number of thioether (sulfide) groups is 1. The van der Waals surface area contributed by atoms with Gasteiger partial charge < -0.3 is 9.80 Å². The van der Waals surface area contributed by atoms with Crippen LogP contribution >= 0.6 is 11.8 Å². The monoisotopic (exact) mass is 497 g/mol. The minimum absolute atomic E-state index is 0.200. The Labute approximate surface area is 214 Å². The van der Waals surface area contributed by atoms with Gasteiger partial charge in [-0.15, -0.1) is 0 Å². The molecular weight excluding hydrogens is 470 g/mol. The van der Waals surface area contributed by atoms with E-state index in [0.29, 0.717) is 18.0 Å². The lowest BCUT2D eigenvalue weighted by atomic mass is 10.00. The fraction of sp³-hybridized carbons (Fsp3) is 0.276.